The van der Waals surface area contributed by atoms with Crippen molar-refractivity contribution in [3.8, 4) is 0 Å². The smallest absolute Gasteiger partial charge is 0.257 e. The number of rotatable bonds is 7. The average Bonchev–Trinajstić information content (AvgIpc) is 2.71. The van der Waals surface area contributed by atoms with Gasteiger partial charge in [-0.1, -0.05) is 41.6 Å². The Hall–Kier alpha value is -2.12. The predicted molar refractivity (Wildman–Crippen MR) is 125 cm³/mol. The molecule has 0 bridgehead atoms. The monoisotopic (exact) mass is 443 g/mol. The number of hydrogen-bond donors (Lipinski definition) is 0. The largest absolute Gasteiger partial charge is 0.372 e. The molecule has 2 aromatic rings. The van der Waals surface area contributed by atoms with E-state index < -0.39 is 0 Å². The number of morpholine rings is 1. The van der Waals surface area contributed by atoms with Crippen molar-refractivity contribution in [1.82, 2.24) is 14.5 Å². The summed E-state index contributed by atoms with van der Waals surface area (Å²) >= 11 is 1.54. The molecule has 1 aromatic heterocycles. The van der Waals surface area contributed by atoms with Crippen LogP contribution in [0, 0.1) is 13.8 Å². The molecule has 0 aliphatic carbocycles. The van der Waals surface area contributed by atoms with Crippen molar-refractivity contribution in [1.29, 1.82) is 0 Å². The summed E-state index contributed by atoms with van der Waals surface area (Å²) in [7, 11) is 1.78. The summed E-state index contributed by atoms with van der Waals surface area (Å²) in [5.41, 5.74) is 3.82. The third kappa shape index (κ3) is 6.20. The highest BCUT2D eigenvalue weighted by atomic mass is 32.2. The van der Waals surface area contributed by atoms with E-state index >= 15 is 0 Å². The van der Waals surface area contributed by atoms with E-state index in [4.69, 9.17) is 9.72 Å². The molecule has 1 aromatic carbocycles. The fraction of sp³-hybridized carbons (Fsp3) is 0.542. The molecule has 1 aliphatic heterocycles. The van der Waals surface area contributed by atoms with Gasteiger partial charge in [0.2, 0.25) is 5.91 Å². The van der Waals surface area contributed by atoms with Gasteiger partial charge in [0.1, 0.15) is 0 Å². The van der Waals surface area contributed by atoms with Crippen LogP contribution in [0.25, 0.3) is 0 Å². The Bertz CT molecular complexity index is 979. The van der Waals surface area contributed by atoms with Crippen molar-refractivity contribution in [2.45, 2.75) is 64.3 Å². The first-order valence-electron chi connectivity index (χ1n) is 10.9. The molecule has 1 aliphatic rings. The zero-order valence-corrected chi connectivity index (χ0v) is 20.0. The van der Waals surface area contributed by atoms with Crippen molar-refractivity contribution in [2.75, 3.05) is 18.8 Å². The summed E-state index contributed by atoms with van der Waals surface area (Å²) in [5, 5.41) is 0.705. The minimum Gasteiger partial charge on any atom is -0.372 e. The number of ether oxygens (including phenoxy) is 1. The van der Waals surface area contributed by atoms with E-state index in [2.05, 4.69) is 19.1 Å². The molecule has 0 spiro atoms. The minimum atomic E-state index is 0.00359. The molecule has 6 nitrogen and oxygen atoms in total. The summed E-state index contributed by atoms with van der Waals surface area (Å²) in [6, 6.07) is 8.22. The first-order chi connectivity index (χ1) is 14.7. The van der Waals surface area contributed by atoms with Gasteiger partial charge in [0.05, 0.1) is 12.2 Å². The van der Waals surface area contributed by atoms with Crippen LogP contribution in [0.2, 0.25) is 0 Å². The van der Waals surface area contributed by atoms with Crippen LogP contribution in [0.5, 0.6) is 0 Å². The summed E-state index contributed by atoms with van der Waals surface area (Å²) < 4.78 is 7.33. The number of hydrogen-bond acceptors (Lipinski definition) is 5. The number of aromatic nitrogens is 2. The summed E-state index contributed by atoms with van der Waals surface area (Å²) in [6.45, 7) is 9.28. The Balaban J connectivity index is 1.57. The van der Waals surface area contributed by atoms with Gasteiger partial charge in [-0.05, 0) is 39.7 Å². The normalized spacial score (nSPS) is 18.9. The second-order valence-electron chi connectivity index (χ2n) is 8.50. The number of amides is 1. The molecule has 1 saturated heterocycles. The van der Waals surface area contributed by atoms with Crippen LogP contribution in [0.15, 0.2) is 34.2 Å². The van der Waals surface area contributed by atoms with Gasteiger partial charge in [0.15, 0.2) is 5.16 Å². The van der Waals surface area contributed by atoms with Crippen LogP contribution in [-0.2, 0) is 23.0 Å². The molecule has 2 unspecified atom stereocenters. The molecule has 31 heavy (non-hydrogen) atoms. The molecule has 7 heteroatoms. The summed E-state index contributed by atoms with van der Waals surface area (Å²) in [5.74, 6) is 0.923. The molecule has 2 heterocycles. The number of carbonyl (C=O) groups excluding carboxylic acids is 1. The molecule has 1 amide bonds. The van der Waals surface area contributed by atoms with Crippen LogP contribution < -0.4 is 5.56 Å². The molecule has 168 valence electrons. The molecular formula is C24H33N3O3S. The number of nitrogens with zero attached hydrogens (tertiary/aromatic N) is 3. The minimum absolute atomic E-state index is 0.00359. The summed E-state index contributed by atoms with van der Waals surface area (Å²) in [4.78, 5) is 32.1. The predicted octanol–water partition coefficient (Wildman–Crippen LogP) is 3.50. The van der Waals surface area contributed by atoms with Crippen LogP contribution >= 0.6 is 11.8 Å². The molecule has 1 fully saturated rings. The lowest BCUT2D eigenvalue weighted by molar-refractivity contribution is -0.143. The van der Waals surface area contributed by atoms with Crippen LogP contribution in [0.3, 0.4) is 0 Å². The van der Waals surface area contributed by atoms with Crippen molar-refractivity contribution >= 4 is 17.7 Å². The zero-order valence-electron chi connectivity index (χ0n) is 19.2. The Morgan fingerprint density at radius 3 is 2.61 bits per heavy atom. The Morgan fingerprint density at radius 1 is 1.23 bits per heavy atom. The number of benzene rings is 1. The zero-order chi connectivity index (χ0) is 22.5. The van der Waals surface area contributed by atoms with E-state index in [0.717, 1.165) is 29.0 Å². The Labute approximate surface area is 189 Å². The van der Waals surface area contributed by atoms with E-state index in [1.165, 1.54) is 17.3 Å². The van der Waals surface area contributed by atoms with E-state index in [1.54, 1.807) is 11.6 Å². The maximum absolute atomic E-state index is 12.9. The molecule has 0 radical (unpaired) electrons. The highest BCUT2D eigenvalue weighted by Crippen LogP contribution is 2.19. The van der Waals surface area contributed by atoms with Crippen LogP contribution in [-0.4, -0.2) is 51.4 Å². The third-order valence-corrected chi connectivity index (χ3v) is 6.67. The second-order valence-corrected chi connectivity index (χ2v) is 9.56. The van der Waals surface area contributed by atoms with Gasteiger partial charge in [-0.25, -0.2) is 4.98 Å². The number of carbonyl (C=O) groups is 1. The second kappa shape index (κ2) is 10.5. The average molecular weight is 444 g/mol. The standard InChI is InChI=1S/C24H33N3O3S/c1-16-8-6-9-20(12-16)13-21-19(4)25-24(26(5)23(21)29)31-11-7-10-22(28)27-14-17(2)30-18(3)15-27/h6,8-9,12,17-18H,7,10-11,13-15H2,1-5H3. The lowest BCUT2D eigenvalue weighted by Gasteiger charge is -2.35. The number of thioether (sulfide) groups is 1. The van der Waals surface area contributed by atoms with E-state index in [0.29, 0.717) is 31.1 Å². The van der Waals surface area contributed by atoms with Gasteiger partial charge in [-0.3, -0.25) is 14.2 Å². The molecule has 0 saturated carbocycles. The first-order valence-corrected chi connectivity index (χ1v) is 11.9. The van der Waals surface area contributed by atoms with Gasteiger partial charge in [0.25, 0.3) is 5.56 Å². The lowest BCUT2D eigenvalue weighted by Crippen LogP contribution is -2.48. The van der Waals surface area contributed by atoms with Crippen molar-refractivity contribution in [2.24, 2.45) is 7.05 Å². The van der Waals surface area contributed by atoms with Gasteiger partial charge in [-0.2, -0.15) is 0 Å². The molecule has 2 atom stereocenters. The van der Waals surface area contributed by atoms with E-state index in [-0.39, 0.29) is 23.7 Å². The summed E-state index contributed by atoms with van der Waals surface area (Å²) in [6.07, 6.45) is 2.02. The SMILES string of the molecule is Cc1cccc(Cc2c(C)nc(SCCCC(=O)N3CC(C)OC(C)C3)n(C)c2=O)c1. The Morgan fingerprint density at radius 2 is 1.94 bits per heavy atom. The topological polar surface area (TPSA) is 64.4 Å². The highest BCUT2D eigenvalue weighted by molar-refractivity contribution is 7.99. The van der Waals surface area contributed by atoms with Crippen molar-refractivity contribution in [3.63, 3.8) is 0 Å². The third-order valence-electron chi connectivity index (χ3n) is 5.55. The van der Waals surface area contributed by atoms with Crippen LogP contribution in [0.4, 0.5) is 0 Å². The van der Waals surface area contributed by atoms with E-state index in [1.807, 2.05) is 37.8 Å². The van der Waals surface area contributed by atoms with Crippen molar-refractivity contribution < 1.29 is 9.53 Å². The molecule has 0 N–H and O–H groups in total. The van der Waals surface area contributed by atoms with Gasteiger partial charge in [-0.15, -0.1) is 0 Å². The van der Waals surface area contributed by atoms with Gasteiger partial charge < -0.3 is 9.64 Å². The number of aryl methyl sites for hydroxylation is 2. The lowest BCUT2D eigenvalue weighted by atomic mass is 10.0. The van der Waals surface area contributed by atoms with Crippen molar-refractivity contribution in [3.05, 3.63) is 57.0 Å². The fourth-order valence-electron chi connectivity index (χ4n) is 4.02. The van der Waals surface area contributed by atoms with Gasteiger partial charge >= 0.3 is 0 Å². The molecular weight excluding hydrogens is 410 g/mol. The van der Waals surface area contributed by atoms with Gasteiger partial charge in [0, 0.05) is 50.0 Å². The maximum atomic E-state index is 12.9. The Kier molecular flexibility index (Phi) is 7.94. The first kappa shape index (κ1) is 23.5. The maximum Gasteiger partial charge on any atom is 0.257 e. The molecule has 3 rings (SSSR count). The highest BCUT2D eigenvalue weighted by Gasteiger charge is 2.25. The van der Waals surface area contributed by atoms with Crippen LogP contribution in [0.1, 0.15) is 49.1 Å². The quantitative estimate of drug-likeness (QED) is 0.372. The van der Waals surface area contributed by atoms with E-state index in [9.17, 15) is 9.59 Å². The fourth-order valence-corrected chi connectivity index (χ4v) is 4.96.